The molecule has 0 bridgehead atoms. The Morgan fingerprint density at radius 1 is 1.29 bits per heavy atom. The van der Waals surface area contributed by atoms with E-state index >= 15 is 0 Å². The summed E-state index contributed by atoms with van der Waals surface area (Å²) < 4.78 is 0. The largest absolute Gasteiger partial charge is 0.465 e. The first-order chi connectivity index (χ1) is 14.9. The number of nitrogens with zero attached hydrogens (tertiary/aromatic N) is 4. The zero-order chi connectivity index (χ0) is 21.8. The second kappa shape index (κ2) is 6.89. The van der Waals surface area contributed by atoms with E-state index in [-0.39, 0.29) is 18.4 Å². The fraction of sp³-hybridized carbons (Fsp3) is 0.143. The van der Waals surface area contributed by atoms with Crippen molar-refractivity contribution in [1.82, 2.24) is 19.9 Å². The molecule has 0 aliphatic carbocycles. The summed E-state index contributed by atoms with van der Waals surface area (Å²) in [5, 5.41) is 23.7. The van der Waals surface area contributed by atoms with E-state index in [1.54, 1.807) is 48.7 Å². The van der Waals surface area contributed by atoms with Crippen LogP contribution in [-0.2, 0) is 12.3 Å². The normalized spacial score (nSPS) is 17.9. The predicted octanol–water partition coefficient (Wildman–Crippen LogP) is 2.98. The zero-order valence-electron chi connectivity index (χ0n) is 16.3. The summed E-state index contributed by atoms with van der Waals surface area (Å²) in [5.41, 5.74) is 0.746. The van der Waals surface area contributed by atoms with Crippen LogP contribution in [0.25, 0.3) is 11.0 Å². The Balaban J connectivity index is 1.65. The summed E-state index contributed by atoms with van der Waals surface area (Å²) in [4.78, 5) is 38.3. The molecule has 10 heteroatoms. The third-order valence-corrected chi connectivity index (χ3v) is 6.19. The maximum Gasteiger partial charge on any atom is 0.413 e. The highest BCUT2D eigenvalue weighted by Gasteiger charge is 2.50. The number of thiazole rings is 1. The van der Waals surface area contributed by atoms with Gasteiger partial charge in [0.1, 0.15) is 5.01 Å². The Hall–Kier alpha value is -3.76. The van der Waals surface area contributed by atoms with Gasteiger partial charge in [-0.05, 0) is 18.2 Å². The summed E-state index contributed by atoms with van der Waals surface area (Å²) in [6.07, 6.45) is 0.506. The first-order valence-corrected chi connectivity index (χ1v) is 10.3. The van der Waals surface area contributed by atoms with Crippen LogP contribution in [0.5, 0.6) is 0 Å². The van der Waals surface area contributed by atoms with Crippen LogP contribution in [0, 0.1) is 0 Å². The standard InChI is InChI=1S/C21H17N5O4S/c1-25(20(28)29)19-23-15-7-6-12(10-16(15)24-19)21(30)14-5-3-2-4-13(14)18(27)26(21)11-17-22-8-9-31-17/h2-10,30H,11H2,1H3,(H,23,24)(H,28,29). The van der Waals surface area contributed by atoms with E-state index in [0.717, 1.165) is 4.90 Å². The van der Waals surface area contributed by atoms with Gasteiger partial charge in [-0.2, -0.15) is 0 Å². The number of aromatic amines is 1. The molecule has 1 aliphatic heterocycles. The van der Waals surface area contributed by atoms with Crippen LogP contribution >= 0.6 is 11.3 Å². The van der Waals surface area contributed by atoms with Gasteiger partial charge in [-0.1, -0.05) is 24.3 Å². The van der Waals surface area contributed by atoms with Gasteiger partial charge in [-0.3, -0.25) is 14.6 Å². The topological polar surface area (TPSA) is 123 Å². The van der Waals surface area contributed by atoms with Crippen molar-refractivity contribution in [1.29, 1.82) is 0 Å². The Kier molecular flexibility index (Phi) is 4.27. The Labute approximate surface area is 180 Å². The molecule has 9 nitrogen and oxygen atoms in total. The molecule has 5 rings (SSSR count). The summed E-state index contributed by atoms with van der Waals surface area (Å²) in [7, 11) is 1.39. The fourth-order valence-corrected chi connectivity index (χ4v) is 4.44. The second-order valence-electron chi connectivity index (χ2n) is 7.17. The highest BCUT2D eigenvalue weighted by Crippen LogP contribution is 2.43. The summed E-state index contributed by atoms with van der Waals surface area (Å²) in [6, 6.07) is 12.0. The molecule has 1 unspecified atom stereocenters. The number of fused-ring (bicyclic) bond motifs is 2. The van der Waals surface area contributed by atoms with E-state index in [9.17, 15) is 19.8 Å². The predicted molar refractivity (Wildman–Crippen MR) is 114 cm³/mol. The molecule has 0 saturated heterocycles. The number of carboxylic acid groups (broad SMARTS) is 1. The molecular formula is C21H17N5O4S. The fourth-order valence-electron chi connectivity index (χ4n) is 3.84. The third kappa shape index (κ3) is 2.87. The molecular weight excluding hydrogens is 418 g/mol. The van der Waals surface area contributed by atoms with E-state index in [4.69, 9.17) is 0 Å². The highest BCUT2D eigenvalue weighted by atomic mass is 32.1. The quantitative estimate of drug-likeness (QED) is 0.453. The average molecular weight is 435 g/mol. The third-order valence-electron chi connectivity index (χ3n) is 5.42. The monoisotopic (exact) mass is 435 g/mol. The molecule has 0 saturated carbocycles. The van der Waals surface area contributed by atoms with E-state index in [1.807, 2.05) is 5.38 Å². The minimum Gasteiger partial charge on any atom is -0.465 e. The first kappa shape index (κ1) is 19.2. The van der Waals surface area contributed by atoms with Crippen molar-refractivity contribution < 1.29 is 19.8 Å². The Morgan fingerprint density at radius 2 is 2.10 bits per heavy atom. The lowest BCUT2D eigenvalue weighted by Gasteiger charge is -2.34. The SMILES string of the molecule is CN(C(=O)O)c1nc2ccc(C3(O)c4ccccc4C(=O)N3Cc3nccs3)cc2[nH]1. The van der Waals surface area contributed by atoms with Gasteiger partial charge < -0.3 is 15.2 Å². The van der Waals surface area contributed by atoms with E-state index in [0.29, 0.717) is 32.7 Å². The van der Waals surface area contributed by atoms with Gasteiger partial charge in [0.15, 0.2) is 5.72 Å². The molecule has 4 aromatic rings. The molecule has 1 atom stereocenters. The van der Waals surface area contributed by atoms with Crippen molar-refractivity contribution in [3.63, 3.8) is 0 Å². The van der Waals surface area contributed by atoms with Crippen LogP contribution in [0.3, 0.4) is 0 Å². The number of nitrogens with one attached hydrogen (secondary N) is 1. The van der Waals surface area contributed by atoms with E-state index in [1.165, 1.54) is 23.3 Å². The number of rotatable bonds is 4. The number of aromatic nitrogens is 3. The van der Waals surface area contributed by atoms with Crippen molar-refractivity contribution in [3.8, 4) is 0 Å². The van der Waals surface area contributed by atoms with Gasteiger partial charge in [-0.15, -0.1) is 11.3 Å². The molecule has 156 valence electrons. The molecule has 3 N–H and O–H groups in total. The van der Waals surface area contributed by atoms with E-state index in [2.05, 4.69) is 15.0 Å². The highest BCUT2D eigenvalue weighted by molar-refractivity contribution is 7.09. The Bertz CT molecular complexity index is 1320. The molecule has 3 heterocycles. The maximum absolute atomic E-state index is 13.2. The van der Waals surface area contributed by atoms with Crippen molar-refractivity contribution >= 4 is 40.3 Å². The first-order valence-electron chi connectivity index (χ1n) is 9.38. The number of amides is 2. The molecule has 31 heavy (non-hydrogen) atoms. The number of hydrogen-bond acceptors (Lipinski definition) is 6. The van der Waals surface area contributed by atoms with Crippen LogP contribution in [-0.4, -0.2) is 49.1 Å². The maximum atomic E-state index is 13.2. The second-order valence-corrected chi connectivity index (χ2v) is 8.15. The number of carbonyl (C=O) groups is 2. The number of benzene rings is 2. The number of imidazole rings is 1. The minimum absolute atomic E-state index is 0.149. The van der Waals surface area contributed by atoms with Gasteiger partial charge in [0.25, 0.3) is 5.91 Å². The smallest absolute Gasteiger partial charge is 0.413 e. The molecule has 0 spiro atoms. The number of hydrogen-bond donors (Lipinski definition) is 3. The lowest BCUT2D eigenvalue weighted by molar-refractivity contribution is -0.0542. The van der Waals surface area contributed by atoms with Crippen LogP contribution in [0.4, 0.5) is 10.7 Å². The number of anilines is 1. The average Bonchev–Trinajstić information content (AvgIpc) is 3.48. The van der Waals surface area contributed by atoms with Crippen LogP contribution in [0.15, 0.2) is 54.0 Å². The zero-order valence-corrected chi connectivity index (χ0v) is 17.1. The van der Waals surface area contributed by atoms with Crippen molar-refractivity contribution in [3.05, 3.63) is 75.7 Å². The molecule has 2 aromatic heterocycles. The summed E-state index contributed by atoms with van der Waals surface area (Å²) in [6.45, 7) is 0.149. The summed E-state index contributed by atoms with van der Waals surface area (Å²) >= 11 is 1.40. The van der Waals surface area contributed by atoms with Gasteiger partial charge in [-0.25, -0.2) is 14.8 Å². The number of carbonyl (C=O) groups excluding carboxylic acids is 1. The number of aliphatic hydroxyl groups is 1. The van der Waals surface area contributed by atoms with Crippen molar-refractivity contribution in [2.24, 2.45) is 0 Å². The van der Waals surface area contributed by atoms with Crippen LogP contribution in [0.2, 0.25) is 0 Å². The van der Waals surface area contributed by atoms with Gasteiger partial charge >= 0.3 is 6.09 Å². The van der Waals surface area contributed by atoms with Gasteiger partial charge in [0.05, 0.1) is 17.6 Å². The van der Waals surface area contributed by atoms with Gasteiger partial charge in [0.2, 0.25) is 5.95 Å². The van der Waals surface area contributed by atoms with E-state index < -0.39 is 11.8 Å². The molecule has 1 aliphatic rings. The summed E-state index contributed by atoms with van der Waals surface area (Å²) in [5.74, 6) is -0.126. The van der Waals surface area contributed by atoms with Crippen LogP contribution in [0.1, 0.15) is 26.5 Å². The molecule has 2 amide bonds. The molecule has 0 fully saturated rings. The lowest BCUT2D eigenvalue weighted by atomic mass is 9.93. The van der Waals surface area contributed by atoms with Crippen molar-refractivity contribution in [2.75, 3.05) is 11.9 Å². The van der Waals surface area contributed by atoms with Crippen molar-refractivity contribution in [2.45, 2.75) is 12.3 Å². The molecule has 0 radical (unpaired) electrons. The van der Waals surface area contributed by atoms with Crippen LogP contribution < -0.4 is 4.90 Å². The molecule has 2 aromatic carbocycles. The minimum atomic E-state index is -1.71. The van der Waals surface area contributed by atoms with Gasteiger partial charge in [0, 0.05) is 35.3 Å². The Morgan fingerprint density at radius 3 is 2.84 bits per heavy atom. The lowest BCUT2D eigenvalue weighted by Crippen LogP contribution is -2.44. The number of H-pyrrole nitrogens is 1.